The number of hydrogen-bond acceptors (Lipinski definition) is 5. The molecule has 0 amide bonds. The van der Waals surface area contributed by atoms with Gasteiger partial charge in [-0.05, 0) is 30.5 Å². The average Bonchev–Trinajstić information content (AvgIpc) is 2.69. The number of aliphatic carboxylic acids is 1. The Morgan fingerprint density at radius 1 is 1.15 bits per heavy atom. The first-order valence-corrected chi connectivity index (χ1v) is 8.67. The second-order valence-corrected chi connectivity index (χ2v) is 6.19. The van der Waals surface area contributed by atoms with E-state index in [1.807, 2.05) is 42.6 Å². The average molecular weight is 354 g/mol. The summed E-state index contributed by atoms with van der Waals surface area (Å²) in [5.74, 6) is -0.653. The van der Waals surface area contributed by atoms with Gasteiger partial charge in [-0.2, -0.15) is 0 Å². The fourth-order valence-electron chi connectivity index (χ4n) is 2.95. The molecule has 0 unspecified atom stereocenters. The van der Waals surface area contributed by atoms with Gasteiger partial charge in [0.15, 0.2) is 6.29 Å². The van der Waals surface area contributed by atoms with Gasteiger partial charge in [0.2, 0.25) is 0 Å². The van der Waals surface area contributed by atoms with E-state index in [0.717, 1.165) is 17.5 Å². The zero-order chi connectivity index (χ0) is 18.2. The molecule has 0 aromatic carbocycles. The molecule has 2 aromatic heterocycles. The zero-order valence-corrected chi connectivity index (χ0v) is 14.4. The minimum absolute atomic E-state index is 0.133. The Bertz CT molecular complexity index is 721. The van der Waals surface area contributed by atoms with Crippen molar-refractivity contribution in [3.05, 3.63) is 72.3 Å². The molecule has 26 heavy (non-hydrogen) atoms. The first-order valence-electron chi connectivity index (χ1n) is 8.67. The predicted octanol–water partition coefficient (Wildman–Crippen LogP) is 3.69. The molecule has 0 bridgehead atoms. The van der Waals surface area contributed by atoms with E-state index in [2.05, 4.69) is 9.97 Å². The standard InChI is InChI=1S/C20H22N2O4/c23-18(24)9-3-1-2-6-17-14-25-20(16-8-5-11-22-13-16)26-19(17)15-7-4-10-21-12-15/h1-2,4-5,7-8,10-13,17,19-20H,3,6,9,14H2,(H,23,24)/b2-1-/t17-,19-,20+/m0/s1. The maximum Gasteiger partial charge on any atom is 0.303 e. The first kappa shape index (κ1) is 18.2. The Labute approximate surface area is 152 Å². The summed E-state index contributed by atoms with van der Waals surface area (Å²) in [6.07, 6.45) is 11.7. The van der Waals surface area contributed by atoms with Gasteiger partial charge in [0.1, 0.15) is 0 Å². The number of aromatic nitrogens is 2. The molecule has 0 spiro atoms. The van der Waals surface area contributed by atoms with E-state index in [1.165, 1.54) is 0 Å². The molecule has 0 aliphatic carbocycles. The summed E-state index contributed by atoms with van der Waals surface area (Å²) in [5.41, 5.74) is 1.89. The van der Waals surface area contributed by atoms with Gasteiger partial charge in [-0.3, -0.25) is 14.8 Å². The molecule has 1 aliphatic heterocycles. The molecule has 0 saturated carbocycles. The number of pyridine rings is 2. The van der Waals surface area contributed by atoms with Gasteiger partial charge in [-0.1, -0.05) is 24.3 Å². The lowest BCUT2D eigenvalue weighted by Crippen LogP contribution is -2.30. The normalized spacial score (nSPS) is 23.2. The number of rotatable bonds is 7. The summed E-state index contributed by atoms with van der Waals surface area (Å²) in [7, 11) is 0. The van der Waals surface area contributed by atoms with Gasteiger partial charge in [0.25, 0.3) is 0 Å². The maximum absolute atomic E-state index is 10.6. The third kappa shape index (κ3) is 4.97. The molecule has 6 heteroatoms. The van der Waals surface area contributed by atoms with Crippen LogP contribution in [0.4, 0.5) is 0 Å². The topological polar surface area (TPSA) is 81.5 Å². The number of hydrogen-bond donors (Lipinski definition) is 1. The van der Waals surface area contributed by atoms with Crippen molar-refractivity contribution < 1.29 is 19.4 Å². The van der Waals surface area contributed by atoms with Crippen LogP contribution in [0.5, 0.6) is 0 Å². The minimum atomic E-state index is -0.786. The molecule has 3 rings (SSSR count). The molecule has 1 aliphatic rings. The lowest BCUT2D eigenvalue weighted by atomic mass is 9.92. The molecule has 1 N–H and O–H groups in total. The Balaban J connectivity index is 1.69. The van der Waals surface area contributed by atoms with Gasteiger partial charge in [0.05, 0.1) is 12.7 Å². The number of carboxylic acid groups (broad SMARTS) is 1. The molecule has 3 heterocycles. The Kier molecular flexibility index (Phi) is 6.46. The van der Waals surface area contributed by atoms with Crippen molar-refractivity contribution in [2.75, 3.05) is 6.61 Å². The monoisotopic (exact) mass is 354 g/mol. The molecule has 3 atom stereocenters. The summed E-state index contributed by atoms with van der Waals surface area (Å²) in [5, 5.41) is 8.70. The number of ether oxygens (including phenoxy) is 2. The summed E-state index contributed by atoms with van der Waals surface area (Å²) in [6.45, 7) is 0.544. The van der Waals surface area contributed by atoms with E-state index >= 15 is 0 Å². The second kappa shape index (κ2) is 9.22. The molecule has 0 radical (unpaired) electrons. The summed E-state index contributed by atoms with van der Waals surface area (Å²) in [4.78, 5) is 18.9. The maximum atomic E-state index is 10.6. The van der Waals surface area contributed by atoms with E-state index < -0.39 is 12.3 Å². The van der Waals surface area contributed by atoms with E-state index in [9.17, 15) is 4.79 Å². The van der Waals surface area contributed by atoms with Crippen molar-refractivity contribution >= 4 is 5.97 Å². The number of nitrogens with zero attached hydrogens (tertiary/aromatic N) is 2. The molecule has 136 valence electrons. The summed E-state index contributed by atoms with van der Waals surface area (Å²) >= 11 is 0. The fourth-order valence-corrected chi connectivity index (χ4v) is 2.95. The van der Waals surface area contributed by atoms with Gasteiger partial charge in [-0.25, -0.2) is 0 Å². The van der Waals surface area contributed by atoms with E-state index in [-0.39, 0.29) is 18.4 Å². The molecule has 1 saturated heterocycles. The van der Waals surface area contributed by atoms with Crippen LogP contribution in [0.25, 0.3) is 0 Å². The molecule has 6 nitrogen and oxygen atoms in total. The van der Waals surface area contributed by atoms with Crippen LogP contribution in [0, 0.1) is 5.92 Å². The van der Waals surface area contributed by atoms with Crippen LogP contribution in [0.3, 0.4) is 0 Å². The highest BCUT2D eigenvalue weighted by atomic mass is 16.7. The third-order valence-corrected chi connectivity index (χ3v) is 4.26. The highest BCUT2D eigenvalue weighted by Gasteiger charge is 2.33. The Morgan fingerprint density at radius 3 is 2.54 bits per heavy atom. The summed E-state index contributed by atoms with van der Waals surface area (Å²) < 4.78 is 12.1. The lowest BCUT2D eigenvalue weighted by molar-refractivity contribution is -0.244. The second-order valence-electron chi connectivity index (χ2n) is 6.19. The zero-order valence-electron chi connectivity index (χ0n) is 14.4. The van der Waals surface area contributed by atoms with Crippen molar-refractivity contribution in [3.8, 4) is 0 Å². The largest absolute Gasteiger partial charge is 0.481 e. The van der Waals surface area contributed by atoms with Crippen molar-refractivity contribution in [2.45, 2.75) is 31.7 Å². The van der Waals surface area contributed by atoms with Crippen molar-refractivity contribution in [1.29, 1.82) is 0 Å². The first-order chi connectivity index (χ1) is 12.7. The predicted molar refractivity (Wildman–Crippen MR) is 95.1 cm³/mol. The quantitative estimate of drug-likeness (QED) is 0.764. The SMILES string of the molecule is O=C(O)CC/C=C\C[C@H]1CO[C@@H](c2cccnc2)O[C@H]1c1cccnc1. The van der Waals surface area contributed by atoms with Gasteiger partial charge < -0.3 is 14.6 Å². The lowest BCUT2D eigenvalue weighted by Gasteiger charge is -2.36. The Hall–Kier alpha value is -2.57. The van der Waals surface area contributed by atoms with Crippen LogP contribution in [0.2, 0.25) is 0 Å². The van der Waals surface area contributed by atoms with Gasteiger partial charge in [-0.15, -0.1) is 0 Å². The fraction of sp³-hybridized carbons (Fsp3) is 0.350. The van der Waals surface area contributed by atoms with E-state index in [1.54, 1.807) is 18.6 Å². The van der Waals surface area contributed by atoms with Crippen LogP contribution in [0.15, 0.2) is 61.2 Å². The molecule has 2 aromatic rings. The summed E-state index contributed by atoms with van der Waals surface area (Å²) in [6, 6.07) is 7.69. The molecular weight excluding hydrogens is 332 g/mol. The van der Waals surface area contributed by atoms with Crippen LogP contribution in [-0.2, 0) is 14.3 Å². The van der Waals surface area contributed by atoms with Gasteiger partial charge in [0, 0.05) is 42.7 Å². The molecule has 1 fully saturated rings. The van der Waals surface area contributed by atoms with Crippen molar-refractivity contribution in [2.24, 2.45) is 5.92 Å². The number of allylic oxidation sites excluding steroid dienone is 2. The van der Waals surface area contributed by atoms with Crippen LogP contribution in [-0.4, -0.2) is 27.7 Å². The highest BCUT2D eigenvalue weighted by Crippen LogP contribution is 2.39. The Morgan fingerprint density at radius 2 is 1.88 bits per heavy atom. The number of carbonyl (C=O) groups is 1. The molecular formula is C20H22N2O4. The van der Waals surface area contributed by atoms with Crippen molar-refractivity contribution in [3.63, 3.8) is 0 Å². The van der Waals surface area contributed by atoms with Crippen LogP contribution < -0.4 is 0 Å². The number of carboxylic acids is 1. The minimum Gasteiger partial charge on any atom is -0.481 e. The van der Waals surface area contributed by atoms with E-state index in [4.69, 9.17) is 14.6 Å². The van der Waals surface area contributed by atoms with Crippen LogP contribution in [0.1, 0.15) is 42.8 Å². The van der Waals surface area contributed by atoms with Crippen LogP contribution >= 0.6 is 0 Å². The third-order valence-electron chi connectivity index (χ3n) is 4.26. The van der Waals surface area contributed by atoms with E-state index in [0.29, 0.717) is 13.0 Å². The van der Waals surface area contributed by atoms with Crippen molar-refractivity contribution in [1.82, 2.24) is 9.97 Å². The highest BCUT2D eigenvalue weighted by molar-refractivity contribution is 5.66. The smallest absolute Gasteiger partial charge is 0.303 e. The van der Waals surface area contributed by atoms with Gasteiger partial charge >= 0.3 is 5.97 Å².